The Morgan fingerprint density at radius 3 is 2.29 bits per heavy atom. The van der Waals surface area contributed by atoms with Crippen molar-refractivity contribution in [2.45, 2.75) is 19.8 Å². The van der Waals surface area contributed by atoms with Gasteiger partial charge in [0.25, 0.3) is 0 Å². The quantitative estimate of drug-likeness (QED) is 0.753. The number of hydrogen-bond donors (Lipinski definition) is 0. The molecule has 0 saturated carbocycles. The maximum Gasteiger partial charge on any atom is 0.0965 e. The minimum atomic E-state index is -0.170. The highest BCUT2D eigenvalue weighted by Crippen LogP contribution is 2.26. The Bertz CT molecular complexity index is 549. The average Bonchev–Trinajstić information content (AvgIpc) is 2.34. The summed E-state index contributed by atoms with van der Waals surface area (Å²) in [6.07, 6.45) is 0. The molecule has 0 heterocycles. The van der Waals surface area contributed by atoms with Gasteiger partial charge >= 0.3 is 0 Å². The van der Waals surface area contributed by atoms with Crippen LogP contribution in [0.15, 0.2) is 48.5 Å². The first-order valence-electron chi connectivity index (χ1n) is 5.74. The SMILES string of the molecule is Cc1ccc([C@@H](C#N)c2ccccc2)c(C)c1. The number of nitriles is 1. The van der Waals surface area contributed by atoms with Crippen LogP contribution in [0.5, 0.6) is 0 Å². The van der Waals surface area contributed by atoms with Crippen molar-refractivity contribution in [3.8, 4) is 6.07 Å². The van der Waals surface area contributed by atoms with Crippen LogP contribution in [-0.2, 0) is 0 Å². The van der Waals surface area contributed by atoms with Gasteiger partial charge in [-0.2, -0.15) is 5.26 Å². The van der Waals surface area contributed by atoms with E-state index in [4.69, 9.17) is 0 Å². The molecule has 17 heavy (non-hydrogen) atoms. The minimum absolute atomic E-state index is 0.170. The number of benzene rings is 2. The summed E-state index contributed by atoms with van der Waals surface area (Å²) in [7, 11) is 0. The second-order valence-corrected chi connectivity index (χ2v) is 4.33. The lowest BCUT2D eigenvalue weighted by Gasteiger charge is -2.13. The van der Waals surface area contributed by atoms with E-state index in [2.05, 4.69) is 38.1 Å². The minimum Gasteiger partial charge on any atom is -0.197 e. The molecule has 0 radical (unpaired) electrons. The van der Waals surface area contributed by atoms with Gasteiger partial charge in [0.1, 0.15) is 0 Å². The van der Waals surface area contributed by atoms with Crippen LogP contribution in [0.4, 0.5) is 0 Å². The van der Waals surface area contributed by atoms with E-state index in [-0.39, 0.29) is 5.92 Å². The summed E-state index contributed by atoms with van der Waals surface area (Å²) in [6, 6.07) is 18.6. The Labute approximate surface area is 102 Å². The maximum absolute atomic E-state index is 9.38. The summed E-state index contributed by atoms with van der Waals surface area (Å²) < 4.78 is 0. The fourth-order valence-electron chi connectivity index (χ4n) is 2.12. The molecule has 0 N–H and O–H groups in total. The molecule has 0 aromatic heterocycles. The van der Waals surface area contributed by atoms with Gasteiger partial charge in [-0.1, -0.05) is 54.1 Å². The van der Waals surface area contributed by atoms with Crippen molar-refractivity contribution in [2.24, 2.45) is 0 Å². The molecule has 84 valence electrons. The van der Waals surface area contributed by atoms with Gasteiger partial charge in [-0.05, 0) is 30.5 Å². The predicted molar refractivity (Wildman–Crippen MR) is 69.8 cm³/mol. The first-order chi connectivity index (χ1) is 8.22. The number of aryl methyl sites for hydroxylation is 2. The fourth-order valence-corrected chi connectivity index (χ4v) is 2.12. The second kappa shape index (κ2) is 4.84. The predicted octanol–water partition coefficient (Wildman–Crippen LogP) is 3.96. The van der Waals surface area contributed by atoms with Crippen LogP contribution in [0.1, 0.15) is 28.2 Å². The molecule has 0 spiro atoms. The summed E-state index contributed by atoms with van der Waals surface area (Å²) in [6.45, 7) is 4.14. The van der Waals surface area contributed by atoms with E-state index >= 15 is 0 Å². The van der Waals surface area contributed by atoms with E-state index in [1.165, 1.54) is 11.1 Å². The van der Waals surface area contributed by atoms with Crippen molar-refractivity contribution in [1.29, 1.82) is 5.26 Å². The third-order valence-corrected chi connectivity index (χ3v) is 3.00. The summed E-state index contributed by atoms with van der Waals surface area (Å²) in [5, 5.41) is 9.38. The number of hydrogen-bond acceptors (Lipinski definition) is 1. The lowest BCUT2D eigenvalue weighted by molar-refractivity contribution is 1.02. The van der Waals surface area contributed by atoms with Gasteiger partial charge in [0.2, 0.25) is 0 Å². The van der Waals surface area contributed by atoms with Gasteiger partial charge in [0, 0.05) is 0 Å². The molecule has 0 amide bonds. The molecule has 2 aromatic rings. The highest BCUT2D eigenvalue weighted by molar-refractivity contribution is 5.43. The molecule has 0 aliphatic heterocycles. The molecule has 1 heteroatoms. The standard InChI is InChI=1S/C16H15N/c1-12-8-9-15(13(2)10-12)16(11-17)14-6-4-3-5-7-14/h3-10,16H,1-2H3/t16-/m0/s1. The zero-order valence-electron chi connectivity index (χ0n) is 10.1. The van der Waals surface area contributed by atoms with Gasteiger partial charge < -0.3 is 0 Å². The van der Waals surface area contributed by atoms with Crippen molar-refractivity contribution in [3.63, 3.8) is 0 Å². The van der Waals surface area contributed by atoms with Gasteiger partial charge in [0.05, 0.1) is 12.0 Å². The van der Waals surface area contributed by atoms with Crippen LogP contribution >= 0.6 is 0 Å². The van der Waals surface area contributed by atoms with Crippen LogP contribution in [0.25, 0.3) is 0 Å². The Morgan fingerprint density at radius 1 is 1.00 bits per heavy atom. The monoisotopic (exact) mass is 221 g/mol. The third-order valence-electron chi connectivity index (χ3n) is 3.00. The highest BCUT2D eigenvalue weighted by Gasteiger charge is 2.14. The van der Waals surface area contributed by atoms with E-state index < -0.39 is 0 Å². The Hall–Kier alpha value is -2.07. The van der Waals surface area contributed by atoms with Gasteiger partial charge in [-0.25, -0.2) is 0 Å². The highest BCUT2D eigenvalue weighted by atomic mass is 14.3. The molecule has 1 atom stereocenters. The average molecular weight is 221 g/mol. The third kappa shape index (κ3) is 2.37. The molecule has 0 aliphatic rings. The Kier molecular flexibility index (Phi) is 3.25. The van der Waals surface area contributed by atoms with Gasteiger partial charge in [0.15, 0.2) is 0 Å². The fraction of sp³-hybridized carbons (Fsp3) is 0.188. The van der Waals surface area contributed by atoms with E-state index in [1.54, 1.807) is 0 Å². The van der Waals surface area contributed by atoms with Crippen molar-refractivity contribution in [2.75, 3.05) is 0 Å². The smallest absolute Gasteiger partial charge is 0.0965 e. The molecule has 0 aliphatic carbocycles. The number of nitrogens with zero attached hydrogens (tertiary/aromatic N) is 1. The molecular weight excluding hydrogens is 206 g/mol. The normalized spacial score (nSPS) is 11.8. The molecule has 0 saturated heterocycles. The largest absolute Gasteiger partial charge is 0.197 e. The molecule has 2 aromatic carbocycles. The Balaban J connectivity index is 2.47. The van der Waals surface area contributed by atoms with Crippen LogP contribution in [0.3, 0.4) is 0 Å². The molecule has 0 unspecified atom stereocenters. The molecule has 2 rings (SSSR count). The van der Waals surface area contributed by atoms with Crippen molar-refractivity contribution in [3.05, 3.63) is 70.8 Å². The van der Waals surface area contributed by atoms with E-state index in [0.717, 1.165) is 11.1 Å². The van der Waals surface area contributed by atoms with Crippen LogP contribution in [0, 0.1) is 25.2 Å². The molecule has 0 fully saturated rings. The van der Waals surface area contributed by atoms with Gasteiger partial charge in [-0.3, -0.25) is 0 Å². The summed E-state index contributed by atoms with van der Waals surface area (Å²) in [5.41, 5.74) is 4.57. The zero-order chi connectivity index (χ0) is 12.3. The van der Waals surface area contributed by atoms with E-state index in [0.29, 0.717) is 0 Å². The lowest BCUT2D eigenvalue weighted by Crippen LogP contribution is -2.00. The van der Waals surface area contributed by atoms with E-state index in [1.807, 2.05) is 30.3 Å². The first-order valence-corrected chi connectivity index (χ1v) is 5.74. The lowest BCUT2D eigenvalue weighted by atomic mass is 9.89. The van der Waals surface area contributed by atoms with Gasteiger partial charge in [-0.15, -0.1) is 0 Å². The second-order valence-electron chi connectivity index (χ2n) is 4.33. The van der Waals surface area contributed by atoms with Crippen molar-refractivity contribution in [1.82, 2.24) is 0 Å². The first kappa shape index (κ1) is 11.4. The molecule has 0 bridgehead atoms. The zero-order valence-corrected chi connectivity index (χ0v) is 10.1. The molecular formula is C16H15N. The van der Waals surface area contributed by atoms with Crippen molar-refractivity contribution < 1.29 is 0 Å². The summed E-state index contributed by atoms with van der Waals surface area (Å²) in [4.78, 5) is 0. The molecule has 1 nitrogen and oxygen atoms in total. The summed E-state index contributed by atoms with van der Waals surface area (Å²) >= 11 is 0. The Morgan fingerprint density at radius 2 is 1.71 bits per heavy atom. The van der Waals surface area contributed by atoms with Crippen LogP contribution in [0.2, 0.25) is 0 Å². The number of rotatable bonds is 2. The summed E-state index contributed by atoms with van der Waals surface area (Å²) in [5.74, 6) is -0.170. The van der Waals surface area contributed by atoms with E-state index in [9.17, 15) is 5.26 Å². The topological polar surface area (TPSA) is 23.8 Å². The van der Waals surface area contributed by atoms with Crippen LogP contribution in [-0.4, -0.2) is 0 Å². The maximum atomic E-state index is 9.38. The van der Waals surface area contributed by atoms with Crippen molar-refractivity contribution >= 4 is 0 Å². The van der Waals surface area contributed by atoms with Crippen LogP contribution < -0.4 is 0 Å².